The van der Waals surface area contributed by atoms with E-state index in [-0.39, 0.29) is 0 Å². The van der Waals surface area contributed by atoms with Crippen molar-refractivity contribution in [3.63, 3.8) is 0 Å². The summed E-state index contributed by atoms with van der Waals surface area (Å²) in [5.41, 5.74) is -0.251. The third kappa shape index (κ3) is 3.72. The number of rotatable bonds is 3. The smallest absolute Gasteiger partial charge is 0.415 e. The van der Waals surface area contributed by atoms with Gasteiger partial charge in [-0.05, 0) is 38.3 Å². The second-order valence-corrected chi connectivity index (χ2v) is 5.83. The monoisotopic (exact) mass is 302 g/mol. The summed E-state index contributed by atoms with van der Waals surface area (Å²) in [7, 11) is 0. The number of hydrogen-bond donors (Lipinski definition) is 1. The fourth-order valence-corrected chi connectivity index (χ4v) is 2.03. The Morgan fingerprint density at radius 2 is 2.00 bits per heavy atom. The lowest BCUT2D eigenvalue weighted by atomic mass is 10.1. The number of aromatic nitrogens is 1. The van der Waals surface area contributed by atoms with Crippen LogP contribution in [0.4, 0.5) is 10.5 Å². The van der Waals surface area contributed by atoms with Gasteiger partial charge in [-0.3, -0.25) is 14.7 Å². The molecule has 6 nitrogen and oxygen atoms in total. The summed E-state index contributed by atoms with van der Waals surface area (Å²) in [6.07, 6.45) is 2.54. The summed E-state index contributed by atoms with van der Waals surface area (Å²) in [5, 5.41) is 10.7. The minimum absolute atomic E-state index is 0.460. The van der Waals surface area contributed by atoms with Crippen LogP contribution in [0.5, 0.6) is 0 Å². The van der Waals surface area contributed by atoms with Crippen molar-refractivity contribution in [1.82, 2.24) is 4.98 Å². The molecular formula is C16H18N2O4. The van der Waals surface area contributed by atoms with Crippen LogP contribution in [0.2, 0.25) is 0 Å². The largest absolute Gasteiger partial charge is 0.480 e. The van der Waals surface area contributed by atoms with Crippen LogP contribution in [0.3, 0.4) is 0 Å². The lowest BCUT2D eigenvalue weighted by Crippen LogP contribution is -2.40. The van der Waals surface area contributed by atoms with Crippen LogP contribution >= 0.6 is 0 Å². The molecule has 0 unspecified atom stereocenters. The van der Waals surface area contributed by atoms with Crippen LogP contribution in [0.15, 0.2) is 36.7 Å². The van der Waals surface area contributed by atoms with Crippen LogP contribution in [-0.2, 0) is 9.53 Å². The molecule has 0 bridgehead atoms. The van der Waals surface area contributed by atoms with E-state index in [0.29, 0.717) is 11.1 Å². The molecule has 6 heteroatoms. The van der Waals surface area contributed by atoms with E-state index in [1.54, 1.807) is 51.4 Å². The average molecular weight is 302 g/mol. The molecule has 1 aromatic carbocycles. The Morgan fingerprint density at radius 1 is 1.27 bits per heavy atom. The fourth-order valence-electron chi connectivity index (χ4n) is 2.03. The predicted octanol–water partition coefficient (Wildman–Crippen LogP) is 3.06. The van der Waals surface area contributed by atoms with Gasteiger partial charge in [-0.1, -0.05) is 12.1 Å². The van der Waals surface area contributed by atoms with E-state index in [9.17, 15) is 9.59 Å². The van der Waals surface area contributed by atoms with Gasteiger partial charge in [-0.2, -0.15) is 0 Å². The molecule has 2 rings (SSSR count). The molecule has 0 atom stereocenters. The summed E-state index contributed by atoms with van der Waals surface area (Å²) in [4.78, 5) is 28.6. The number of hydrogen-bond acceptors (Lipinski definition) is 4. The topological polar surface area (TPSA) is 79.7 Å². The Balaban J connectivity index is 2.48. The zero-order chi connectivity index (χ0) is 16.3. The predicted molar refractivity (Wildman–Crippen MR) is 83.0 cm³/mol. The van der Waals surface area contributed by atoms with Crippen molar-refractivity contribution in [1.29, 1.82) is 0 Å². The van der Waals surface area contributed by atoms with E-state index >= 15 is 0 Å². The van der Waals surface area contributed by atoms with Crippen molar-refractivity contribution in [2.75, 3.05) is 11.4 Å². The van der Waals surface area contributed by atoms with E-state index in [1.165, 1.54) is 0 Å². The number of carbonyl (C=O) groups is 2. The zero-order valence-electron chi connectivity index (χ0n) is 12.7. The lowest BCUT2D eigenvalue weighted by Gasteiger charge is -2.27. The quantitative estimate of drug-likeness (QED) is 0.942. The van der Waals surface area contributed by atoms with Gasteiger partial charge in [0.1, 0.15) is 12.1 Å². The molecule has 22 heavy (non-hydrogen) atoms. The number of anilines is 1. The third-order valence-corrected chi connectivity index (χ3v) is 2.86. The number of carboxylic acid groups (broad SMARTS) is 1. The van der Waals surface area contributed by atoms with Crippen molar-refractivity contribution >= 4 is 28.5 Å². The first-order valence-electron chi connectivity index (χ1n) is 6.83. The van der Waals surface area contributed by atoms with E-state index in [2.05, 4.69) is 4.98 Å². The maximum Gasteiger partial charge on any atom is 0.415 e. The number of pyridine rings is 1. The molecular weight excluding hydrogens is 284 g/mol. The normalized spacial score (nSPS) is 11.2. The molecule has 0 radical (unpaired) electrons. The van der Waals surface area contributed by atoms with Crippen LogP contribution < -0.4 is 4.90 Å². The van der Waals surface area contributed by atoms with Crippen LogP contribution in [0.25, 0.3) is 10.8 Å². The standard InChI is InChI=1S/C16H18N2O4/c1-16(2,3)22-15(21)18(10-14(19)20)13-6-4-5-11-7-8-17-9-12(11)13/h4-9H,10H2,1-3H3,(H,19,20). The first kappa shape index (κ1) is 15.8. The van der Waals surface area contributed by atoms with Gasteiger partial charge in [0.25, 0.3) is 0 Å². The molecule has 0 aliphatic carbocycles. The number of amides is 1. The summed E-state index contributed by atoms with van der Waals surface area (Å²) in [6, 6.07) is 7.11. The zero-order valence-corrected chi connectivity index (χ0v) is 12.7. The van der Waals surface area contributed by atoms with Crippen molar-refractivity contribution < 1.29 is 19.4 Å². The van der Waals surface area contributed by atoms with Crippen molar-refractivity contribution in [3.05, 3.63) is 36.7 Å². The molecule has 2 aromatic rings. The molecule has 0 saturated heterocycles. The summed E-state index contributed by atoms with van der Waals surface area (Å²) in [5.74, 6) is -1.12. The molecule has 1 aromatic heterocycles. The first-order valence-corrected chi connectivity index (χ1v) is 6.83. The molecule has 0 fully saturated rings. The minimum atomic E-state index is -1.12. The number of carbonyl (C=O) groups excluding carboxylic acids is 1. The first-order chi connectivity index (χ1) is 10.3. The Kier molecular flexibility index (Phi) is 4.30. The fraction of sp³-hybridized carbons (Fsp3) is 0.312. The third-order valence-electron chi connectivity index (χ3n) is 2.86. The Morgan fingerprint density at radius 3 is 2.64 bits per heavy atom. The number of nitrogens with zero attached hydrogens (tertiary/aromatic N) is 2. The van der Waals surface area contributed by atoms with Gasteiger partial charge in [-0.25, -0.2) is 4.79 Å². The van der Waals surface area contributed by atoms with Crippen LogP contribution in [0.1, 0.15) is 20.8 Å². The molecule has 1 heterocycles. The van der Waals surface area contributed by atoms with Gasteiger partial charge in [-0.15, -0.1) is 0 Å². The highest BCUT2D eigenvalue weighted by Crippen LogP contribution is 2.27. The SMILES string of the molecule is CC(C)(C)OC(=O)N(CC(=O)O)c1cccc2ccncc12. The number of aliphatic carboxylic acids is 1. The van der Waals surface area contributed by atoms with Gasteiger partial charge in [0.2, 0.25) is 0 Å². The molecule has 0 aliphatic rings. The Bertz CT molecular complexity index is 701. The van der Waals surface area contributed by atoms with Gasteiger partial charge in [0, 0.05) is 17.8 Å². The van der Waals surface area contributed by atoms with Gasteiger partial charge < -0.3 is 9.84 Å². The number of carboxylic acids is 1. The second-order valence-electron chi connectivity index (χ2n) is 5.83. The summed E-state index contributed by atoms with van der Waals surface area (Å²) in [6.45, 7) is 4.71. The van der Waals surface area contributed by atoms with E-state index in [0.717, 1.165) is 10.3 Å². The number of fused-ring (bicyclic) bond motifs is 1. The maximum absolute atomic E-state index is 12.4. The van der Waals surface area contributed by atoms with Crippen molar-refractivity contribution in [2.45, 2.75) is 26.4 Å². The van der Waals surface area contributed by atoms with Gasteiger partial charge >= 0.3 is 12.1 Å². The van der Waals surface area contributed by atoms with E-state index in [4.69, 9.17) is 9.84 Å². The molecule has 0 aliphatic heterocycles. The summed E-state index contributed by atoms with van der Waals surface area (Å²) < 4.78 is 5.31. The highest BCUT2D eigenvalue weighted by molar-refractivity contribution is 6.03. The number of ether oxygens (including phenoxy) is 1. The van der Waals surface area contributed by atoms with Crippen LogP contribution in [0, 0.1) is 0 Å². The molecule has 0 spiro atoms. The molecule has 0 saturated carbocycles. The second kappa shape index (κ2) is 6.01. The lowest BCUT2D eigenvalue weighted by molar-refractivity contribution is -0.135. The van der Waals surface area contributed by atoms with Gasteiger partial charge in [0.15, 0.2) is 0 Å². The molecule has 116 valence electrons. The van der Waals surface area contributed by atoms with Crippen molar-refractivity contribution in [3.8, 4) is 0 Å². The Labute approximate surface area is 128 Å². The summed E-state index contributed by atoms with van der Waals surface area (Å²) >= 11 is 0. The highest BCUT2D eigenvalue weighted by atomic mass is 16.6. The number of benzene rings is 1. The minimum Gasteiger partial charge on any atom is -0.480 e. The van der Waals surface area contributed by atoms with Crippen molar-refractivity contribution in [2.24, 2.45) is 0 Å². The van der Waals surface area contributed by atoms with Crippen LogP contribution in [-0.4, -0.2) is 34.3 Å². The van der Waals surface area contributed by atoms with E-state index in [1.807, 2.05) is 6.07 Å². The van der Waals surface area contributed by atoms with Gasteiger partial charge in [0.05, 0.1) is 5.69 Å². The van der Waals surface area contributed by atoms with E-state index < -0.39 is 24.2 Å². The molecule has 1 N–H and O–H groups in total. The molecule has 1 amide bonds. The Hall–Kier alpha value is -2.63. The maximum atomic E-state index is 12.4. The highest BCUT2D eigenvalue weighted by Gasteiger charge is 2.26. The average Bonchev–Trinajstić information content (AvgIpc) is 2.42.